The molecule has 0 bridgehead atoms. The Labute approximate surface area is 157 Å². The predicted molar refractivity (Wildman–Crippen MR) is 107 cm³/mol. The maximum Gasteiger partial charge on any atom is 0.119 e. The number of hydrogen-bond donors (Lipinski definition) is 1. The molecule has 3 rings (SSSR count). The molecule has 1 fully saturated rings. The quantitative estimate of drug-likeness (QED) is 0.864. The first-order valence-electron chi connectivity index (χ1n) is 9.43. The number of hydrogen-bond acceptors (Lipinski definition) is 4. The lowest BCUT2D eigenvalue weighted by molar-refractivity contribution is 0.0662. The molecule has 0 radical (unpaired) electrons. The Kier molecular flexibility index (Phi) is 6.17. The van der Waals surface area contributed by atoms with Gasteiger partial charge in [0.1, 0.15) is 18.5 Å². The van der Waals surface area contributed by atoms with Crippen molar-refractivity contribution in [2.75, 3.05) is 44.2 Å². The Morgan fingerprint density at radius 3 is 2.27 bits per heavy atom. The van der Waals surface area contributed by atoms with E-state index in [1.807, 2.05) is 12.1 Å². The normalized spacial score (nSPS) is 16.5. The summed E-state index contributed by atoms with van der Waals surface area (Å²) in [4.78, 5) is 4.76. The topological polar surface area (TPSA) is 35.9 Å². The van der Waals surface area contributed by atoms with E-state index in [1.54, 1.807) is 0 Å². The molecular formula is C22H30N2O2. The highest BCUT2D eigenvalue weighted by Gasteiger charge is 2.20. The molecular weight excluding hydrogens is 324 g/mol. The summed E-state index contributed by atoms with van der Waals surface area (Å²) in [7, 11) is 0. The number of rotatable bonds is 6. The lowest BCUT2D eigenvalue weighted by Crippen LogP contribution is -2.49. The minimum atomic E-state index is -0.471. The third kappa shape index (κ3) is 4.99. The number of benzene rings is 2. The van der Waals surface area contributed by atoms with Gasteiger partial charge < -0.3 is 14.7 Å². The molecule has 1 N–H and O–H groups in total. The van der Waals surface area contributed by atoms with Crippen LogP contribution in [0.1, 0.15) is 16.7 Å². The van der Waals surface area contributed by atoms with Crippen molar-refractivity contribution in [1.29, 1.82) is 0 Å². The first-order valence-corrected chi connectivity index (χ1v) is 9.43. The largest absolute Gasteiger partial charge is 0.491 e. The molecule has 0 amide bonds. The Morgan fingerprint density at radius 2 is 1.62 bits per heavy atom. The van der Waals surface area contributed by atoms with Gasteiger partial charge >= 0.3 is 0 Å². The summed E-state index contributed by atoms with van der Waals surface area (Å²) in [5, 5.41) is 10.3. The first kappa shape index (κ1) is 18.7. The van der Waals surface area contributed by atoms with Gasteiger partial charge in [-0.25, -0.2) is 0 Å². The van der Waals surface area contributed by atoms with Crippen molar-refractivity contribution in [2.45, 2.75) is 26.9 Å². The zero-order chi connectivity index (χ0) is 18.5. The summed E-state index contributed by atoms with van der Waals surface area (Å²) in [5.74, 6) is 0.839. The van der Waals surface area contributed by atoms with Crippen LogP contribution >= 0.6 is 0 Å². The molecule has 1 atom stereocenters. The average Bonchev–Trinajstić information content (AvgIpc) is 2.60. The average molecular weight is 354 g/mol. The Hall–Kier alpha value is -2.04. The van der Waals surface area contributed by atoms with Gasteiger partial charge in [0.2, 0.25) is 0 Å². The zero-order valence-corrected chi connectivity index (χ0v) is 16.1. The van der Waals surface area contributed by atoms with E-state index in [2.05, 4.69) is 60.9 Å². The van der Waals surface area contributed by atoms with Crippen LogP contribution in [0.25, 0.3) is 0 Å². The van der Waals surface area contributed by atoms with Crippen molar-refractivity contribution in [2.24, 2.45) is 0 Å². The van der Waals surface area contributed by atoms with E-state index < -0.39 is 6.10 Å². The van der Waals surface area contributed by atoms with Gasteiger partial charge in [0.05, 0.1) is 0 Å². The molecule has 1 heterocycles. The fourth-order valence-corrected chi connectivity index (χ4v) is 3.65. The lowest BCUT2D eigenvalue weighted by Gasteiger charge is -2.37. The van der Waals surface area contributed by atoms with Crippen LogP contribution in [0.4, 0.5) is 5.69 Å². The van der Waals surface area contributed by atoms with Gasteiger partial charge in [-0.05, 0) is 55.7 Å². The molecule has 2 aromatic carbocycles. The van der Waals surface area contributed by atoms with E-state index >= 15 is 0 Å². The smallest absolute Gasteiger partial charge is 0.119 e. The van der Waals surface area contributed by atoms with E-state index in [0.29, 0.717) is 13.2 Å². The number of piperazine rings is 1. The molecule has 2 aromatic rings. The molecule has 26 heavy (non-hydrogen) atoms. The van der Waals surface area contributed by atoms with Gasteiger partial charge in [0.25, 0.3) is 0 Å². The summed E-state index contributed by atoms with van der Waals surface area (Å²) in [6, 6.07) is 14.7. The highest BCUT2D eigenvalue weighted by Crippen LogP contribution is 2.21. The van der Waals surface area contributed by atoms with E-state index in [1.165, 1.54) is 22.4 Å². The Morgan fingerprint density at radius 1 is 0.962 bits per heavy atom. The first-order chi connectivity index (χ1) is 12.5. The van der Waals surface area contributed by atoms with Gasteiger partial charge in [-0.1, -0.05) is 24.3 Å². The Balaban J connectivity index is 1.44. The van der Waals surface area contributed by atoms with E-state index in [-0.39, 0.29) is 0 Å². The second-order valence-electron chi connectivity index (χ2n) is 7.36. The number of anilines is 1. The number of nitrogens with zero attached hydrogens (tertiary/aromatic N) is 2. The molecule has 1 unspecified atom stereocenters. The summed E-state index contributed by atoms with van der Waals surface area (Å²) >= 11 is 0. The highest BCUT2D eigenvalue weighted by atomic mass is 16.5. The summed E-state index contributed by atoms with van der Waals surface area (Å²) in [5.41, 5.74) is 5.01. The maximum absolute atomic E-state index is 10.3. The van der Waals surface area contributed by atoms with Crippen LogP contribution in [0.3, 0.4) is 0 Å². The van der Waals surface area contributed by atoms with Gasteiger partial charge in [0.15, 0.2) is 0 Å². The number of aliphatic hydroxyl groups excluding tert-OH is 1. The molecule has 4 nitrogen and oxygen atoms in total. The summed E-state index contributed by atoms with van der Waals surface area (Å²) < 4.78 is 5.79. The number of para-hydroxylation sites is 1. The van der Waals surface area contributed by atoms with Crippen LogP contribution in [0.15, 0.2) is 42.5 Å². The third-order valence-corrected chi connectivity index (χ3v) is 4.93. The molecule has 0 saturated carbocycles. The fourth-order valence-electron chi connectivity index (χ4n) is 3.65. The molecule has 0 aliphatic carbocycles. The second-order valence-corrected chi connectivity index (χ2v) is 7.36. The van der Waals surface area contributed by atoms with E-state index in [4.69, 9.17) is 4.74 Å². The van der Waals surface area contributed by atoms with Crippen LogP contribution in [0.2, 0.25) is 0 Å². The van der Waals surface area contributed by atoms with Crippen molar-refractivity contribution >= 4 is 5.69 Å². The molecule has 1 saturated heterocycles. The molecule has 140 valence electrons. The van der Waals surface area contributed by atoms with Gasteiger partial charge in [-0.3, -0.25) is 4.90 Å². The number of aliphatic hydroxyl groups is 1. The predicted octanol–water partition coefficient (Wildman–Crippen LogP) is 3.17. The minimum Gasteiger partial charge on any atom is -0.491 e. The molecule has 1 aliphatic heterocycles. The number of β-amino-alcohol motifs (C(OH)–C–C–N with tert-alkyl or cyclic N) is 1. The van der Waals surface area contributed by atoms with Gasteiger partial charge in [-0.15, -0.1) is 0 Å². The van der Waals surface area contributed by atoms with Crippen molar-refractivity contribution < 1.29 is 9.84 Å². The van der Waals surface area contributed by atoms with Crippen molar-refractivity contribution in [3.8, 4) is 5.75 Å². The van der Waals surface area contributed by atoms with Gasteiger partial charge in [-0.2, -0.15) is 0 Å². The van der Waals surface area contributed by atoms with E-state index in [0.717, 1.165) is 31.9 Å². The fraction of sp³-hybridized carbons (Fsp3) is 0.455. The molecule has 4 heteroatoms. The minimum absolute atomic E-state index is 0.334. The third-order valence-electron chi connectivity index (χ3n) is 4.93. The lowest BCUT2D eigenvalue weighted by atomic mass is 10.1. The molecule has 0 spiro atoms. The monoisotopic (exact) mass is 354 g/mol. The molecule has 0 aromatic heterocycles. The highest BCUT2D eigenvalue weighted by molar-refractivity contribution is 5.53. The summed E-state index contributed by atoms with van der Waals surface area (Å²) in [6.07, 6.45) is -0.471. The van der Waals surface area contributed by atoms with Crippen molar-refractivity contribution in [3.05, 3.63) is 59.2 Å². The van der Waals surface area contributed by atoms with Crippen LogP contribution in [-0.2, 0) is 0 Å². The molecule has 1 aliphatic rings. The zero-order valence-electron chi connectivity index (χ0n) is 16.1. The van der Waals surface area contributed by atoms with Crippen molar-refractivity contribution in [3.63, 3.8) is 0 Å². The van der Waals surface area contributed by atoms with Crippen LogP contribution in [-0.4, -0.2) is 55.4 Å². The maximum atomic E-state index is 10.3. The van der Waals surface area contributed by atoms with Gasteiger partial charge in [0, 0.05) is 38.4 Å². The standard InChI is InChI=1S/C22H30N2O2/c1-17-12-18(2)14-21(13-17)26-16-20(25)15-23-8-10-24(11-9-23)22-7-5-4-6-19(22)3/h4-7,12-14,20,25H,8-11,15-16H2,1-3H3. The number of ether oxygens (including phenoxy) is 1. The van der Waals surface area contributed by atoms with Crippen LogP contribution < -0.4 is 9.64 Å². The SMILES string of the molecule is Cc1cc(C)cc(OCC(O)CN2CCN(c3ccccc3C)CC2)c1. The van der Waals surface area contributed by atoms with Crippen LogP contribution in [0, 0.1) is 20.8 Å². The Bertz CT molecular complexity index is 704. The summed E-state index contributed by atoms with van der Waals surface area (Å²) in [6.45, 7) is 11.2. The van der Waals surface area contributed by atoms with Crippen LogP contribution in [0.5, 0.6) is 5.75 Å². The van der Waals surface area contributed by atoms with Crippen molar-refractivity contribution in [1.82, 2.24) is 4.90 Å². The number of aryl methyl sites for hydroxylation is 3. The van der Waals surface area contributed by atoms with E-state index in [9.17, 15) is 5.11 Å². The second kappa shape index (κ2) is 8.56.